The Balaban J connectivity index is 2.18. The molecule has 2 aromatic rings. The minimum Gasteiger partial charge on any atom is -0.377 e. The summed E-state index contributed by atoms with van der Waals surface area (Å²) in [6, 6.07) is 11.0. The van der Waals surface area contributed by atoms with Gasteiger partial charge in [0.25, 0.3) is 0 Å². The molecule has 1 aromatic carbocycles. The van der Waals surface area contributed by atoms with Crippen LogP contribution in [-0.4, -0.2) is 19.8 Å². The van der Waals surface area contributed by atoms with E-state index in [2.05, 4.69) is 49.5 Å². The largest absolute Gasteiger partial charge is 0.377 e. The van der Waals surface area contributed by atoms with Crippen molar-refractivity contribution >= 4 is 21.4 Å². The number of hydrogen-bond donors (Lipinski definition) is 1. The highest BCUT2D eigenvalue weighted by Gasteiger charge is 2.13. The molecule has 3 heteroatoms. The molecule has 0 aliphatic heterocycles. The molecule has 1 heterocycles. The molecule has 0 bridgehead atoms. The zero-order chi connectivity index (χ0) is 12.3. The molecule has 0 radical (unpaired) electrons. The summed E-state index contributed by atoms with van der Waals surface area (Å²) < 4.78 is 7.03. The van der Waals surface area contributed by atoms with Crippen molar-refractivity contribution in [3.63, 3.8) is 0 Å². The van der Waals surface area contributed by atoms with Crippen molar-refractivity contribution in [1.82, 2.24) is 5.32 Å². The van der Waals surface area contributed by atoms with Crippen LogP contribution in [-0.2, 0) is 4.74 Å². The van der Waals surface area contributed by atoms with Crippen molar-refractivity contribution in [1.29, 1.82) is 0 Å². The smallest absolute Gasteiger partial charge is 0.0672 e. The Hall–Kier alpha value is -0.900. The molecule has 0 amide bonds. The number of hydrogen-bond acceptors (Lipinski definition) is 3. The molecule has 0 aliphatic rings. The number of ether oxygens (including phenoxy) is 1. The lowest BCUT2D eigenvalue weighted by Gasteiger charge is -2.16. The summed E-state index contributed by atoms with van der Waals surface area (Å²) in [4.78, 5) is 1.34. The number of benzene rings is 1. The van der Waals surface area contributed by atoms with Gasteiger partial charge < -0.3 is 10.1 Å². The number of nitrogens with one attached hydrogen (secondary N) is 1. The summed E-state index contributed by atoms with van der Waals surface area (Å²) in [5.74, 6) is 0. The predicted octanol–water partition coefficient (Wildman–Crippen LogP) is 3.59. The van der Waals surface area contributed by atoms with E-state index in [0.29, 0.717) is 0 Å². The van der Waals surface area contributed by atoms with Gasteiger partial charge in [-0.2, -0.15) is 0 Å². The molecular formula is C14H19NOS. The lowest BCUT2D eigenvalue weighted by molar-refractivity contribution is 0.0632. The zero-order valence-electron chi connectivity index (χ0n) is 10.6. The SMILES string of the molecule is CNC(COC(C)C)c1cc2ccccc2s1. The van der Waals surface area contributed by atoms with Crippen molar-refractivity contribution in [2.24, 2.45) is 0 Å². The van der Waals surface area contributed by atoms with Crippen LogP contribution in [0.1, 0.15) is 24.8 Å². The second-order valence-electron chi connectivity index (χ2n) is 4.41. The first kappa shape index (κ1) is 12.6. The van der Waals surface area contributed by atoms with Crippen LogP contribution in [0.25, 0.3) is 10.1 Å². The molecule has 1 N–H and O–H groups in total. The molecule has 0 saturated carbocycles. The van der Waals surface area contributed by atoms with E-state index in [0.717, 1.165) is 6.61 Å². The Morgan fingerprint density at radius 1 is 1.29 bits per heavy atom. The van der Waals surface area contributed by atoms with E-state index in [4.69, 9.17) is 4.74 Å². The van der Waals surface area contributed by atoms with Gasteiger partial charge in [-0.25, -0.2) is 0 Å². The van der Waals surface area contributed by atoms with Gasteiger partial charge in [0.1, 0.15) is 0 Å². The molecule has 1 unspecified atom stereocenters. The van der Waals surface area contributed by atoms with E-state index < -0.39 is 0 Å². The highest BCUT2D eigenvalue weighted by Crippen LogP contribution is 2.29. The van der Waals surface area contributed by atoms with E-state index >= 15 is 0 Å². The van der Waals surface area contributed by atoms with E-state index in [1.165, 1.54) is 15.0 Å². The van der Waals surface area contributed by atoms with E-state index in [9.17, 15) is 0 Å². The first-order chi connectivity index (χ1) is 8.20. The Kier molecular flexibility index (Phi) is 4.15. The number of rotatable bonds is 5. The third-order valence-electron chi connectivity index (χ3n) is 2.73. The van der Waals surface area contributed by atoms with Crippen LogP contribution < -0.4 is 5.32 Å². The normalized spacial score (nSPS) is 13.4. The van der Waals surface area contributed by atoms with Gasteiger partial charge in [-0.05, 0) is 38.4 Å². The van der Waals surface area contributed by atoms with Crippen LogP contribution in [0.15, 0.2) is 30.3 Å². The third-order valence-corrected chi connectivity index (χ3v) is 3.96. The van der Waals surface area contributed by atoms with Gasteiger partial charge in [0.2, 0.25) is 0 Å². The van der Waals surface area contributed by atoms with Crippen molar-refractivity contribution in [3.8, 4) is 0 Å². The third kappa shape index (κ3) is 3.06. The standard InChI is InChI=1S/C14H19NOS/c1-10(2)16-9-12(15-3)14-8-11-6-4-5-7-13(11)17-14/h4-8,10,12,15H,9H2,1-3H3. The maximum Gasteiger partial charge on any atom is 0.0672 e. The van der Waals surface area contributed by atoms with Gasteiger partial charge in [-0.1, -0.05) is 18.2 Å². The first-order valence-electron chi connectivity index (χ1n) is 5.98. The van der Waals surface area contributed by atoms with Gasteiger partial charge in [-0.15, -0.1) is 11.3 Å². The molecule has 2 nitrogen and oxygen atoms in total. The van der Waals surface area contributed by atoms with Crippen LogP contribution in [0.5, 0.6) is 0 Å². The lowest BCUT2D eigenvalue weighted by atomic mass is 10.2. The Labute approximate surface area is 107 Å². The molecule has 0 spiro atoms. The fraction of sp³-hybridized carbons (Fsp3) is 0.429. The second-order valence-corrected chi connectivity index (χ2v) is 5.53. The van der Waals surface area contributed by atoms with Gasteiger partial charge in [-0.3, -0.25) is 0 Å². The monoisotopic (exact) mass is 249 g/mol. The summed E-state index contributed by atoms with van der Waals surface area (Å²) in [5.41, 5.74) is 0. The summed E-state index contributed by atoms with van der Waals surface area (Å²) in [7, 11) is 1.98. The van der Waals surface area contributed by atoms with Crippen molar-refractivity contribution < 1.29 is 4.74 Å². The molecule has 92 valence electrons. The zero-order valence-corrected chi connectivity index (χ0v) is 11.4. The van der Waals surface area contributed by atoms with Crippen LogP contribution in [0.4, 0.5) is 0 Å². The maximum atomic E-state index is 5.69. The summed E-state index contributed by atoms with van der Waals surface area (Å²) >= 11 is 1.84. The quantitative estimate of drug-likeness (QED) is 0.874. The first-order valence-corrected chi connectivity index (χ1v) is 6.79. The summed E-state index contributed by atoms with van der Waals surface area (Å²) in [6.07, 6.45) is 0.278. The van der Waals surface area contributed by atoms with E-state index in [1.54, 1.807) is 0 Å². The van der Waals surface area contributed by atoms with Crippen LogP contribution >= 0.6 is 11.3 Å². The molecule has 2 rings (SSSR count). The highest BCUT2D eigenvalue weighted by molar-refractivity contribution is 7.19. The molecule has 1 atom stereocenters. The molecule has 17 heavy (non-hydrogen) atoms. The number of thiophene rings is 1. The highest BCUT2D eigenvalue weighted by atomic mass is 32.1. The molecule has 0 fully saturated rings. The molecule has 1 aromatic heterocycles. The Morgan fingerprint density at radius 3 is 2.71 bits per heavy atom. The van der Waals surface area contributed by atoms with E-state index in [-0.39, 0.29) is 12.1 Å². The molecule has 0 aliphatic carbocycles. The number of likely N-dealkylation sites (N-methyl/N-ethyl adjacent to an activating group) is 1. The topological polar surface area (TPSA) is 21.3 Å². The average Bonchev–Trinajstić information content (AvgIpc) is 2.72. The van der Waals surface area contributed by atoms with Gasteiger partial charge in [0.05, 0.1) is 18.8 Å². The Bertz CT molecular complexity index is 445. The van der Waals surface area contributed by atoms with Crippen molar-refractivity contribution in [2.45, 2.75) is 26.0 Å². The van der Waals surface area contributed by atoms with Crippen molar-refractivity contribution in [3.05, 3.63) is 35.2 Å². The molecular weight excluding hydrogens is 230 g/mol. The summed E-state index contributed by atoms with van der Waals surface area (Å²) in [6.45, 7) is 4.86. The fourth-order valence-electron chi connectivity index (χ4n) is 1.77. The van der Waals surface area contributed by atoms with E-state index in [1.807, 2.05) is 18.4 Å². The maximum absolute atomic E-state index is 5.69. The van der Waals surface area contributed by atoms with Crippen LogP contribution in [0, 0.1) is 0 Å². The minimum absolute atomic E-state index is 0.278. The lowest BCUT2D eigenvalue weighted by Crippen LogP contribution is -2.22. The van der Waals surface area contributed by atoms with Crippen molar-refractivity contribution in [2.75, 3.05) is 13.7 Å². The van der Waals surface area contributed by atoms with Gasteiger partial charge >= 0.3 is 0 Å². The summed E-state index contributed by atoms with van der Waals surface area (Å²) in [5, 5.41) is 4.64. The van der Waals surface area contributed by atoms with Crippen LogP contribution in [0.2, 0.25) is 0 Å². The average molecular weight is 249 g/mol. The van der Waals surface area contributed by atoms with Gasteiger partial charge in [0.15, 0.2) is 0 Å². The van der Waals surface area contributed by atoms with Crippen LogP contribution in [0.3, 0.4) is 0 Å². The predicted molar refractivity (Wildman–Crippen MR) is 74.7 cm³/mol. The minimum atomic E-state index is 0.278. The second kappa shape index (κ2) is 5.63. The number of fused-ring (bicyclic) bond motifs is 1. The Morgan fingerprint density at radius 2 is 2.06 bits per heavy atom. The fourth-order valence-corrected chi connectivity index (χ4v) is 2.93. The van der Waals surface area contributed by atoms with Gasteiger partial charge in [0, 0.05) is 9.58 Å². The molecule has 0 saturated heterocycles.